The minimum Gasteiger partial charge on any atom is -0.493 e. The largest absolute Gasteiger partial charge is 0.493 e. The van der Waals surface area contributed by atoms with Crippen molar-refractivity contribution in [1.82, 2.24) is 10.3 Å². The molecule has 1 heterocycles. The van der Waals surface area contributed by atoms with Crippen LogP contribution in [0.2, 0.25) is 5.02 Å². The topological polar surface area (TPSA) is 72.5 Å². The summed E-state index contributed by atoms with van der Waals surface area (Å²) in [5.41, 5.74) is 4.52. The number of hydrogen-bond donors (Lipinski definition) is 2. The van der Waals surface area contributed by atoms with Crippen molar-refractivity contribution in [2.45, 2.75) is 6.54 Å². The molecule has 4 aromatic rings. The average Bonchev–Trinajstić information content (AvgIpc) is 3.34. The Morgan fingerprint density at radius 3 is 2.33 bits per heavy atom. The Morgan fingerprint density at radius 2 is 1.64 bits per heavy atom. The van der Waals surface area contributed by atoms with E-state index in [9.17, 15) is 4.79 Å². The molecule has 0 atom stereocenters. The van der Waals surface area contributed by atoms with Gasteiger partial charge in [0.05, 0.1) is 19.9 Å². The number of ether oxygens (including phenoxy) is 2. The molecule has 0 spiro atoms. The summed E-state index contributed by atoms with van der Waals surface area (Å²) in [7, 11) is 3.23. The molecule has 0 bridgehead atoms. The van der Waals surface area contributed by atoms with Gasteiger partial charge in [0.1, 0.15) is 5.01 Å². The van der Waals surface area contributed by atoms with E-state index >= 15 is 0 Å². The van der Waals surface area contributed by atoms with E-state index in [0.717, 1.165) is 27.4 Å². The zero-order chi connectivity index (χ0) is 23.2. The molecule has 2 N–H and O–H groups in total. The fraction of sp³-hybridized carbons (Fsp3) is 0.120. The monoisotopic (exact) mass is 479 g/mol. The maximum absolute atomic E-state index is 12.1. The second-order valence-corrected chi connectivity index (χ2v) is 8.41. The molecule has 6 nitrogen and oxygen atoms in total. The molecule has 0 saturated heterocycles. The highest BCUT2D eigenvalue weighted by molar-refractivity contribution is 7.13. The van der Waals surface area contributed by atoms with Gasteiger partial charge in [0, 0.05) is 33.8 Å². The standard InChI is InChI=1S/C25H22ClN3O3S/c1-31-22-12-7-18(13-23(22)32-2)21-15-33-24(29-21)17-5-3-16(4-6-17)14-27-25(30)28-20-10-8-19(26)9-11-20/h3-13,15H,14H2,1-2H3,(H2,27,28,30). The number of methoxy groups -OCH3 is 2. The molecule has 0 aliphatic rings. The number of nitrogens with zero attached hydrogens (tertiary/aromatic N) is 1. The van der Waals surface area contributed by atoms with Crippen molar-refractivity contribution < 1.29 is 14.3 Å². The molecule has 2 amide bonds. The highest BCUT2D eigenvalue weighted by Gasteiger charge is 2.11. The van der Waals surface area contributed by atoms with Gasteiger partial charge in [-0.1, -0.05) is 35.9 Å². The average molecular weight is 480 g/mol. The Morgan fingerprint density at radius 1 is 0.939 bits per heavy atom. The summed E-state index contributed by atoms with van der Waals surface area (Å²) < 4.78 is 10.7. The molecule has 1 aromatic heterocycles. The van der Waals surface area contributed by atoms with Crippen LogP contribution in [-0.4, -0.2) is 25.2 Å². The van der Waals surface area contributed by atoms with Crippen LogP contribution in [0.1, 0.15) is 5.56 Å². The Hall–Kier alpha value is -3.55. The minimum absolute atomic E-state index is 0.277. The fourth-order valence-corrected chi connectivity index (χ4v) is 4.15. The normalized spacial score (nSPS) is 10.5. The Kier molecular flexibility index (Phi) is 7.12. The number of hydrogen-bond acceptors (Lipinski definition) is 5. The fourth-order valence-electron chi connectivity index (χ4n) is 3.19. The van der Waals surface area contributed by atoms with Gasteiger partial charge in [0.25, 0.3) is 0 Å². The minimum atomic E-state index is -0.277. The zero-order valence-electron chi connectivity index (χ0n) is 18.1. The Bertz CT molecular complexity index is 1240. The second-order valence-electron chi connectivity index (χ2n) is 7.12. The Balaban J connectivity index is 1.38. The van der Waals surface area contributed by atoms with Crippen LogP contribution >= 0.6 is 22.9 Å². The molecular formula is C25H22ClN3O3S. The smallest absolute Gasteiger partial charge is 0.319 e. The van der Waals surface area contributed by atoms with Crippen LogP contribution in [0.5, 0.6) is 11.5 Å². The molecule has 0 aliphatic heterocycles. The van der Waals surface area contributed by atoms with Gasteiger partial charge in [0.15, 0.2) is 11.5 Å². The van der Waals surface area contributed by atoms with E-state index in [1.807, 2.05) is 47.8 Å². The van der Waals surface area contributed by atoms with E-state index in [0.29, 0.717) is 28.8 Å². The maximum Gasteiger partial charge on any atom is 0.319 e. The van der Waals surface area contributed by atoms with E-state index in [1.165, 1.54) is 0 Å². The SMILES string of the molecule is COc1ccc(-c2csc(-c3ccc(CNC(=O)Nc4ccc(Cl)cc4)cc3)n2)cc1OC. The molecule has 0 aliphatic carbocycles. The van der Waals surface area contributed by atoms with Crippen molar-refractivity contribution in [3.8, 4) is 33.3 Å². The van der Waals surface area contributed by atoms with E-state index in [-0.39, 0.29) is 6.03 Å². The van der Waals surface area contributed by atoms with Crippen molar-refractivity contribution in [3.63, 3.8) is 0 Å². The van der Waals surface area contributed by atoms with E-state index in [4.69, 9.17) is 26.1 Å². The van der Waals surface area contributed by atoms with Crippen LogP contribution in [0, 0.1) is 0 Å². The van der Waals surface area contributed by atoms with Gasteiger partial charge in [-0.25, -0.2) is 9.78 Å². The van der Waals surface area contributed by atoms with Gasteiger partial charge in [-0.3, -0.25) is 0 Å². The molecular weight excluding hydrogens is 458 g/mol. The van der Waals surface area contributed by atoms with Gasteiger partial charge >= 0.3 is 6.03 Å². The van der Waals surface area contributed by atoms with Gasteiger partial charge < -0.3 is 20.1 Å². The number of anilines is 1. The Labute approximate surface area is 201 Å². The van der Waals surface area contributed by atoms with Crippen LogP contribution in [0.25, 0.3) is 21.8 Å². The molecule has 0 radical (unpaired) electrons. The van der Waals surface area contributed by atoms with Gasteiger partial charge in [-0.15, -0.1) is 11.3 Å². The molecule has 3 aromatic carbocycles. The number of amides is 2. The van der Waals surface area contributed by atoms with Crippen LogP contribution in [0.15, 0.2) is 72.1 Å². The third-order valence-corrected chi connectivity index (χ3v) is 6.08. The summed E-state index contributed by atoms with van der Waals surface area (Å²) >= 11 is 7.44. The van der Waals surface area contributed by atoms with Crippen LogP contribution < -0.4 is 20.1 Å². The predicted molar refractivity (Wildman–Crippen MR) is 133 cm³/mol. The first kappa shape index (κ1) is 22.6. The first-order valence-electron chi connectivity index (χ1n) is 10.1. The quantitative estimate of drug-likeness (QED) is 0.318. The number of rotatable bonds is 7. The number of halogens is 1. The van der Waals surface area contributed by atoms with Crippen LogP contribution in [0.3, 0.4) is 0 Å². The number of carbonyl (C=O) groups excluding carboxylic acids is 1. The lowest BCUT2D eigenvalue weighted by atomic mass is 10.1. The molecule has 0 fully saturated rings. The molecule has 33 heavy (non-hydrogen) atoms. The van der Waals surface area contributed by atoms with Gasteiger partial charge in [0.2, 0.25) is 0 Å². The predicted octanol–water partition coefficient (Wildman–Crippen LogP) is 6.47. The number of carbonyl (C=O) groups is 1. The summed E-state index contributed by atoms with van der Waals surface area (Å²) in [5, 5.41) is 9.19. The van der Waals surface area contributed by atoms with Crippen molar-refractivity contribution in [2.75, 3.05) is 19.5 Å². The second kappa shape index (κ2) is 10.4. The lowest BCUT2D eigenvalue weighted by Gasteiger charge is -2.08. The molecule has 4 rings (SSSR count). The number of nitrogens with one attached hydrogen (secondary N) is 2. The highest BCUT2D eigenvalue weighted by Crippen LogP contribution is 2.34. The van der Waals surface area contributed by atoms with E-state index in [1.54, 1.807) is 49.8 Å². The first-order valence-corrected chi connectivity index (χ1v) is 11.4. The number of benzene rings is 3. The highest BCUT2D eigenvalue weighted by atomic mass is 35.5. The number of aromatic nitrogens is 1. The van der Waals surface area contributed by atoms with Crippen molar-refractivity contribution in [2.24, 2.45) is 0 Å². The first-order chi connectivity index (χ1) is 16.1. The molecule has 0 saturated carbocycles. The maximum atomic E-state index is 12.1. The third-order valence-electron chi connectivity index (χ3n) is 4.94. The van der Waals surface area contributed by atoms with Crippen molar-refractivity contribution in [1.29, 1.82) is 0 Å². The van der Waals surface area contributed by atoms with Crippen molar-refractivity contribution >= 4 is 34.7 Å². The summed E-state index contributed by atoms with van der Waals surface area (Å²) in [6, 6.07) is 20.4. The molecule has 8 heteroatoms. The number of urea groups is 1. The summed E-state index contributed by atoms with van der Waals surface area (Å²) in [4.78, 5) is 16.9. The van der Waals surface area contributed by atoms with Crippen molar-refractivity contribution in [3.05, 3.63) is 82.7 Å². The zero-order valence-corrected chi connectivity index (χ0v) is 19.7. The lowest BCUT2D eigenvalue weighted by Crippen LogP contribution is -2.28. The lowest BCUT2D eigenvalue weighted by molar-refractivity contribution is 0.251. The van der Waals surface area contributed by atoms with Crippen LogP contribution in [-0.2, 0) is 6.54 Å². The molecule has 168 valence electrons. The van der Waals surface area contributed by atoms with Gasteiger partial charge in [-0.2, -0.15) is 0 Å². The summed E-state index contributed by atoms with van der Waals surface area (Å²) in [6.45, 7) is 0.411. The van der Waals surface area contributed by atoms with E-state index in [2.05, 4.69) is 10.6 Å². The summed E-state index contributed by atoms with van der Waals surface area (Å²) in [5.74, 6) is 1.35. The summed E-state index contributed by atoms with van der Waals surface area (Å²) in [6.07, 6.45) is 0. The molecule has 0 unspecified atom stereocenters. The van der Waals surface area contributed by atoms with Crippen LogP contribution in [0.4, 0.5) is 10.5 Å². The number of thiazole rings is 1. The third kappa shape index (κ3) is 5.63. The van der Waals surface area contributed by atoms with E-state index < -0.39 is 0 Å². The van der Waals surface area contributed by atoms with Gasteiger partial charge in [-0.05, 0) is 48.0 Å².